The van der Waals surface area contributed by atoms with E-state index in [0.717, 1.165) is 0 Å². The highest BCUT2D eigenvalue weighted by molar-refractivity contribution is 5.66. The molecule has 1 aliphatic carbocycles. The molecule has 0 aromatic carbocycles. The van der Waals surface area contributed by atoms with Gasteiger partial charge < -0.3 is 15.3 Å². The van der Waals surface area contributed by atoms with Crippen molar-refractivity contribution in [3.8, 4) is 0 Å². The van der Waals surface area contributed by atoms with Crippen LogP contribution in [-0.4, -0.2) is 34.5 Å². The number of hydrogen-bond acceptors (Lipinski definition) is 3. The molecule has 1 atom stereocenters. The predicted octanol–water partition coefficient (Wildman–Crippen LogP) is 0.564. The van der Waals surface area contributed by atoms with E-state index in [2.05, 4.69) is 0 Å². The van der Waals surface area contributed by atoms with Crippen molar-refractivity contribution >= 4 is 5.97 Å². The molecule has 15 heavy (non-hydrogen) atoms. The molecule has 4 nitrogen and oxygen atoms in total. The lowest BCUT2D eigenvalue weighted by Gasteiger charge is -2.35. The smallest absolute Gasteiger partial charge is 0.303 e. The number of carboxylic acid groups (broad SMARTS) is 1. The van der Waals surface area contributed by atoms with Crippen molar-refractivity contribution in [1.29, 1.82) is 0 Å². The number of rotatable bonds is 5. The van der Waals surface area contributed by atoms with E-state index in [4.69, 9.17) is 5.11 Å². The molecule has 1 rings (SSSR count). The molecule has 0 heterocycles. The molecule has 1 aliphatic rings. The standard InChI is InChI=1S/C11H16O4/c12-7-11(8-13)6-2-1-3-9(11)4-5-10(14)15/h1-3,6,9,12-13H,4-5,7-8H2,(H,14,15). The molecule has 0 bridgehead atoms. The first kappa shape index (κ1) is 11.9. The Balaban J connectivity index is 2.71. The van der Waals surface area contributed by atoms with Gasteiger partial charge in [-0.3, -0.25) is 4.79 Å². The van der Waals surface area contributed by atoms with Crippen LogP contribution in [0, 0.1) is 11.3 Å². The topological polar surface area (TPSA) is 77.8 Å². The van der Waals surface area contributed by atoms with Crippen LogP contribution in [0.3, 0.4) is 0 Å². The summed E-state index contributed by atoms with van der Waals surface area (Å²) in [4.78, 5) is 10.5. The van der Waals surface area contributed by atoms with Crippen LogP contribution in [0.4, 0.5) is 0 Å². The second kappa shape index (κ2) is 5.09. The largest absolute Gasteiger partial charge is 0.481 e. The number of carbonyl (C=O) groups is 1. The van der Waals surface area contributed by atoms with Gasteiger partial charge in [0, 0.05) is 11.8 Å². The second-order valence-electron chi connectivity index (χ2n) is 3.83. The molecule has 0 saturated heterocycles. The van der Waals surface area contributed by atoms with Crippen LogP contribution in [0.5, 0.6) is 0 Å². The first-order chi connectivity index (χ1) is 7.14. The van der Waals surface area contributed by atoms with Crippen molar-refractivity contribution in [3.05, 3.63) is 24.3 Å². The number of carboxylic acids is 1. The molecule has 84 valence electrons. The van der Waals surface area contributed by atoms with E-state index in [1.165, 1.54) is 0 Å². The lowest BCUT2D eigenvalue weighted by Crippen LogP contribution is -2.36. The van der Waals surface area contributed by atoms with E-state index in [0.29, 0.717) is 6.42 Å². The minimum atomic E-state index is -0.859. The van der Waals surface area contributed by atoms with Crippen LogP contribution in [-0.2, 0) is 4.79 Å². The highest BCUT2D eigenvalue weighted by atomic mass is 16.4. The third-order valence-corrected chi connectivity index (χ3v) is 2.88. The summed E-state index contributed by atoms with van der Waals surface area (Å²) in [7, 11) is 0. The summed E-state index contributed by atoms with van der Waals surface area (Å²) >= 11 is 0. The van der Waals surface area contributed by atoms with Gasteiger partial charge in [0.1, 0.15) is 0 Å². The van der Waals surface area contributed by atoms with Crippen LogP contribution >= 0.6 is 0 Å². The monoisotopic (exact) mass is 212 g/mol. The zero-order valence-corrected chi connectivity index (χ0v) is 8.47. The van der Waals surface area contributed by atoms with Crippen LogP contribution < -0.4 is 0 Å². The van der Waals surface area contributed by atoms with Gasteiger partial charge >= 0.3 is 5.97 Å². The maximum Gasteiger partial charge on any atom is 0.303 e. The molecule has 0 radical (unpaired) electrons. The molecular weight excluding hydrogens is 196 g/mol. The van der Waals surface area contributed by atoms with Gasteiger partial charge in [-0.05, 0) is 12.3 Å². The van der Waals surface area contributed by atoms with Crippen LogP contribution in [0.2, 0.25) is 0 Å². The van der Waals surface area contributed by atoms with Crippen LogP contribution in [0.1, 0.15) is 12.8 Å². The molecule has 0 amide bonds. The molecule has 4 heteroatoms. The number of aliphatic carboxylic acids is 1. The van der Waals surface area contributed by atoms with E-state index in [-0.39, 0.29) is 25.6 Å². The summed E-state index contributed by atoms with van der Waals surface area (Å²) in [6, 6.07) is 0. The summed E-state index contributed by atoms with van der Waals surface area (Å²) < 4.78 is 0. The SMILES string of the molecule is O=C(O)CCC1C=CC=CC1(CO)CO. The summed E-state index contributed by atoms with van der Waals surface area (Å²) in [5.41, 5.74) is -0.704. The lowest BCUT2D eigenvalue weighted by atomic mass is 9.72. The molecular formula is C11H16O4. The first-order valence-electron chi connectivity index (χ1n) is 4.94. The number of hydrogen-bond donors (Lipinski definition) is 3. The molecule has 0 aromatic heterocycles. The van der Waals surface area contributed by atoms with Gasteiger partial charge in [-0.1, -0.05) is 24.3 Å². The predicted molar refractivity (Wildman–Crippen MR) is 55.2 cm³/mol. The molecule has 0 saturated carbocycles. The quantitative estimate of drug-likeness (QED) is 0.622. The summed E-state index contributed by atoms with van der Waals surface area (Å²) in [6.45, 7) is -0.344. The first-order valence-corrected chi connectivity index (χ1v) is 4.94. The van der Waals surface area contributed by atoms with Crippen molar-refractivity contribution in [2.45, 2.75) is 12.8 Å². The minimum absolute atomic E-state index is 0.0462. The van der Waals surface area contributed by atoms with E-state index in [9.17, 15) is 15.0 Å². The zero-order valence-electron chi connectivity index (χ0n) is 8.47. The Morgan fingerprint density at radius 3 is 2.47 bits per heavy atom. The molecule has 1 unspecified atom stereocenters. The van der Waals surface area contributed by atoms with Crippen molar-refractivity contribution < 1.29 is 20.1 Å². The lowest BCUT2D eigenvalue weighted by molar-refractivity contribution is -0.137. The van der Waals surface area contributed by atoms with Crippen molar-refractivity contribution in [3.63, 3.8) is 0 Å². The molecule has 3 N–H and O–H groups in total. The average molecular weight is 212 g/mol. The summed E-state index contributed by atoms with van der Waals surface area (Å²) in [6.07, 6.45) is 7.65. The van der Waals surface area contributed by atoms with Crippen LogP contribution in [0.15, 0.2) is 24.3 Å². The maximum atomic E-state index is 10.5. The molecule has 0 aliphatic heterocycles. The third-order valence-electron chi connectivity index (χ3n) is 2.88. The fraction of sp³-hybridized carbons (Fsp3) is 0.545. The third kappa shape index (κ3) is 2.67. The van der Waals surface area contributed by atoms with E-state index >= 15 is 0 Å². The van der Waals surface area contributed by atoms with Crippen molar-refractivity contribution in [1.82, 2.24) is 0 Å². The Morgan fingerprint density at radius 1 is 1.27 bits per heavy atom. The van der Waals surface area contributed by atoms with Gasteiger partial charge in [-0.15, -0.1) is 0 Å². The van der Waals surface area contributed by atoms with E-state index < -0.39 is 11.4 Å². The van der Waals surface area contributed by atoms with E-state index in [1.54, 1.807) is 12.2 Å². The van der Waals surface area contributed by atoms with Gasteiger partial charge in [0.15, 0.2) is 0 Å². The highest BCUT2D eigenvalue weighted by Crippen LogP contribution is 2.35. The van der Waals surface area contributed by atoms with E-state index in [1.807, 2.05) is 12.2 Å². The molecule has 0 aromatic rings. The van der Waals surface area contributed by atoms with Gasteiger partial charge in [-0.25, -0.2) is 0 Å². The van der Waals surface area contributed by atoms with Gasteiger partial charge in [-0.2, -0.15) is 0 Å². The Kier molecular flexibility index (Phi) is 4.05. The normalized spacial score (nSPS) is 22.9. The summed E-state index contributed by atoms with van der Waals surface area (Å²) in [5, 5.41) is 27.2. The summed E-state index contributed by atoms with van der Waals surface area (Å²) in [5.74, 6) is -0.976. The van der Waals surface area contributed by atoms with Crippen molar-refractivity contribution in [2.75, 3.05) is 13.2 Å². The average Bonchev–Trinajstić information content (AvgIpc) is 2.26. The Morgan fingerprint density at radius 2 is 1.93 bits per heavy atom. The van der Waals surface area contributed by atoms with Gasteiger partial charge in [0.2, 0.25) is 0 Å². The Bertz CT molecular complexity index is 276. The fourth-order valence-corrected chi connectivity index (χ4v) is 1.81. The van der Waals surface area contributed by atoms with Gasteiger partial charge in [0.25, 0.3) is 0 Å². The fourth-order valence-electron chi connectivity index (χ4n) is 1.81. The second-order valence-corrected chi connectivity index (χ2v) is 3.83. The van der Waals surface area contributed by atoms with Crippen LogP contribution in [0.25, 0.3) is 0 Å². The maximum absolute atomic E-state index is 10.5. The Labute approximate surface area is 88.5 Å². The Hall–Kier alpha value is -1.13. The molecule has 0 spiro atoms. The highest BCUT2D eigenvalue weighted by Gasteiger charge is 2.35. The van der Waals surface area contributed by atoms with Crippen molar-refractivity contribution in [2.24, 2.45) is 11.3 Å². The zero-order chi connectivity index (χ0) is 11.3. The number of allylic oxidation sites excluding steroid dienone is 3. The molecule has 0 fully saturated rings. The van der Waals surface area contributed by atoms with Gasteiger partial charge in [0.05, 0.1) is 13.2 Å². The number of aliphatic hydroxyl groups is 2. The minimum Gasteiger partial charge on any atom is -0.481 e. The number of aliphatic hydroxyl groups excluding tert-OH is 2.